The quantitative estimate of drug-likeness (QED) is 0.275. The van der Waals surface area contributed by atoms with E-state index in [0.29, 0.717) is 0 Å². The zero-order valence-electron chi connectivity index (χ0n) is 22.4. The summed E-state index contributed by atoms with van der Waals surface area (Å²) in [6, 6.07) is 24.3. The van der Waals surface area contributed by atoms with Crippen LogP contribution < -0.4 is 11.2 Å². The van der Waals surface area contributed by atoms with Crippen LogP contribution in [0.3, 0.4) is 0 Å². The molecular weight excluding hydrogens is 576 g/mol. The number of ether oxygens (including phenoxy) is 2. The number of H-pyrrole nitrogens is 1. The van der Waals surface area contributed by atoms with Gasteiger partial charge in [0, 0.05) is 6.20 Å². The molecule has 9 heteroatoms. The number of aromatic amines is 1. The van der Waals surface area contributed by atoms with Crippen LogP contribution in [0.2, 0.25) is 0 Å². The second-order valence-corrected chi connectivity index (χ2v) is 11.1. The van der Waals surface area contributed by atoms with Crippen molar-refractivity contribution in [3.05, 3.63) is 138 Å². The lowest BCUT2D eigenvalue weighted by atomic mass is 9.79. The second kappa shape index (κ2) is 11.3. The van der Waals surface area contributed by atoms with Gasteiger partial charge in [0.1, 0.15) is 23.9 Å². The number of nitrogens with zero attached hydrogens (tertiary/aromatic N) is 1. The van der Waals surface area contributed by atoms with E-state index >= 15 is 0 Å². The number of halogens is 1. The van der Waals surface area contributed by atoms with Gasteiger partial charge in [-0.25, -0.2) is 4.79 Å². The normalized spacial score (nSPS) is 21.1. The molecule has 1 saturated heterocycles. The van der Waals surface area contributed by atoms with Gasteiger partial charge >= 0.3 is 5.69 Å². The van der Waals surface area contributed by atoms with E-state index in [1.54, 1.807) is 0 Å². The molecule has 0 saturated carbocycles. The topological polar surface area (TPSA) is 114 Å². The lowest BCUT2D eigenvalue weighted by molar-refractivity contribution is -0.0959. The fourth-order valence-corrected chi connectivity index (χ4v) is 5.39. The highest BCUT2D eigenvalue weighted by Gasteiger charge is 2.46. The average Bonchev–Trinajstić information content (AvgIpc) is 3.22. The molecule has 40 heavy (non-hydrogen) atoms. The number of aliphatic hydroxyl groups is 2. The fraction of sp³-hybridized carbons (Fsp3) is 0.290. The van der Waals surface area contributed by atoms with Gasteiger partial charge in [-0.1, -0.05) is 89.5 Å². The van der Waals surface area contributed by atoms with Crippen molar-refractivity contribution in [2.45, 2.75) is 50.9 Å². The van der Waals surface area contributed by atoms with E-state index < -0.39 is 41.4 Å². The molecule has 3 N–H and O–H groups in total. The first-order chi connectivity index (χ1) is 19.1. The van der Waals surface area contributed by atoms with Crippen LogP contribution in [0.15, 0.2) is 93.1 Å². The molecule has 5 rings (SSSR count). The SMILES string of the molecule is Cc1ccc(C(OC[C@@H]2O[C@@H](n3cc(Br)c(=O)[nH]c3=O)[C@@H](O)[C@@H]2O)(c2ccc(C)cc2)c2ccc(C)cc2)cc1. The summed E-state index contributed by atoms with van der Waals surface area (Å²) in [4.78, 5) is 26.5. The van der Waals surface area contributed by atoms with Crippen LogP contribution in [0, 0.1) is 20.8 Å². The van der Waals surface area contributed by atoms with Gasteiger partial charge in [0.15, 0.2) is 6.23 Å². The Kier molecular flexibility index (Phi) is 7.94. The van der Waals surface area contributed by atoms with Gasteiger partial charge in [0.05, 0.1) is 11.1 Å². The van der Waals surface area contributed by atoms with E-state index in [1.165, 1.54) is 6.20 Å². The highest BCUT2D eigenvalue weighted by atomic mass is 79.9. The van der Waals surface area contributed by atoms with Crippen molar-refractivity contribution in [3.8, 4) is 0 Å². The Morgan fingerprint density at radius 1 is 0.825 bits per heavy atom. The van der Waals surface area contributed by atoms with Crippen molar-refractivity contribution in [2.75, 3.05) is 6.61 Å². The van der Waals surface area contributed by atoms with Crippen LogP contribution >= 0.6 is 15.9 Å². The molecule has 1 fully saturated rings. The number of aliphatic hydroxyl groups excluding tert-OH is 2. The first-order valence-corrected chi connectivity index (χ1v) is 13.8. The minimum Gasteiger partial charge on any atom is -0.387 e. The summed E-state index contributed by atoms with van der Waals surface area (Å²) in [7, 11) is 0. The fourth-order valence-electron chi connectivity index (χ4n) is 5.07. The van der Waals surface area contributed by atoms with Gasteiger partial charge in [-0.2, -0.15) is 0 Å². The molecule has 1 aromatic heterocycles. The Morgan fingerprint density at radius 2 is 1.27 bits per heavy atom. The van der Waals surface area contributed by atoms with Gasteiger partial charge in [-0.15, -0.1) is 0 Å². The third-order valence-corrected chi connectivity index (χ3v) is 7.94. The summed E-state index contributed by atoms with van der Waals surface area (Å²) in [5.41, 5.74) is 3.52. The van der Waals surface area contributed by atoms with Gasteiger partial charge in [-0.3, -0.25) is 14.3 Å². The maximum Gasteiger partial charge on any atom is 0.330 e. The van der Waals surface area contributed by atoms with E-state index in [2.05, 4.69) is 20.9 Å². The molecule has 208 valence electrons. The summed E-state index contributed by atoms with van der Waals surface area (Å²) in [5.74, 6) is 0. The molecule has 0 spiro atoms. The molecule has 3 aromatic carbocycles. The Bertz CT molecular complexity index is 1480. The van der Waals surface area contributed by atoms with Gasteiger partial charge in [0.25, 0.3) is 5.56 Å². The molecule has 4 atom stereocenters. The first kappa shape index (κ1) is 28.2. The summed E-state index contributed by atoms with van der Waals surface area (Å²) in [6.07, 6.45) is -3.75. The van der Waals surface area contributed by atoms with Gasteiger partial charge < -0.3 is 19.7 Å². The van der Waals surface area contributed by atoms with E-state index in [1.807, 2.05) is 93.6 Å². The number of aryl methyl sites for hydroxylation is 3. The standard InChI is InChI=1S/C31H31BrN2O6/c1-18-4-10-21(11-5-18)31(22-12-6-19(2)7-13-22,23-14-8-20(3)9-15-23)39-17-25-26(35)27(36)29(40-25)34-16-24(32)28(37)33-30(34)38/h4-16,25-27,29,35-36H,17H2,1-3H3,(H,33,37,38)/t25-,26+,27-,29+/m0/s1. The summed E-state index contributed by atoms with van der Waals surface area (Å²) >= 11 is 3.10. The van der Waals surface area contributed by atoms with Crippen molar-refractivity contribution < 1.29 is 19.7 Å². The number of nitrogens with one attached hydrogen (secondary N) is 1. The number of hydrogen-bond donors (Lipinski definition) is 3. The number of benzene rings is 3. The van der Waals surface area contributed by atoms with E-state index in [-0.39, 0.29) is 11.1 Å². The molecule has 1 aliphatic rings. The Morgan fingerprint density at radius 3 is 1.73 bits per heavy atom. The van der Waals surface area contributed by atoms with E-state index in [0.717, 1.165) is 37.9 Å². The van der Waals surface area contributed by atoms with Crippen molar-refractivity contribution in [3.63, 3.8) is 0 Å². The summed E-state index contributed by atoms with van der Waals surface area (Å²) < 4.78 is 14.0. The molecule has 4 aromatic rings. The second-order valence-electron chi connectivity index (χ2n) is 10.3. The van der Waals surface area contributed by atoms with E-state index in [9.17, 15) is 19.8 Å². The predicted octanol–water partition coefficient (Wildman–Crippen LogP) is 3.85. The molecule has 0 amide bonds. The number of rotatable bonds is 7. The molecule has 1 aliphatic heterocycles. The number of hydrogen-bond acceptors (Lipinski definition) is 6. The van der Waals surface area contributed by atoms with Crippen molar-refractivity contribution in [2.24, 2.45) is 0 Å². The largest absolute Gasteiger partial charge is 0.387 e. The minimum absolute atomic E-state index is 0.0919. The summed E-state index contributed by atoms with van der Waals surface area (Å²) in [6.45, 7) is 5.95. The monoisotopic (exact) mass is 606 g/mol. The van der Waals surface area contributed by atoms with Crippen LogP contribution in [0.25, 0.3) is 0 Å². The van der Waals surface area contributed by atoms with Crippen LogP contribution in [-0.4, -0.2) is 44.7 Å². The maximum atomic E-state index is 12.5. The summed E-state index contributed by atoms with van der Waals surface area (Å²) in [5, 5.41) is 21.8. The molecule has 8 nitrogen and oxygen atoms in total. The Hall–Kier alpha value is -3.34. The highest BCUT2D eigenvalue weighted by Crippen LogP contribution is 2.42. The molecule has 0 aliphatic carbocycles. The average molecular weight is 608 g/mol. The Labute approximate surface area is 240 Å². The van der Waals surface area contributed by atoms with Gasteiger partial charge in [-0.05, 0) is 53.4 Å². The van der Waals surface area contributed by atoms with Crippen LogP contribution in [0.4, 0.5) is 0 Å². The third kappa shape index (κ3) is 5.23. The zero-order valence-corrected chi connectivity index (χ0v) is 24.0. The molecule has 2 heterocycles. The minimum atomic E-state index is -1.43. The van der Waals surface area contributed by atoms with Crippen LogP contribution in [0.5, 0.6) is 0 Å². The number of aromatic nitrogens is 2. The molecular formula is C31H31BrN2O6. The van der Waals surface area contributed by atoms with Crippen molar-refractivity contribution in [1.29, 1.82) is 0 Å². The predicted molar refractivity (Wildman–Crippen MR) is 154 cm³/mol. The zero-order chi connectivity index (χ0) is 28.6. The first-order valence-electron chi connectivity index (χ1n) is 13.0. The van der Waals surface area contributed by atoms with Gasteiger partial charge in [0.2, 0.25) is 0 Å². The smallest absolute Gasteiger partial charge is 0.330 e. The Balaban J connectivity index is 1.56. The van der Waals surface area contributed by atoms with Crippen LogP contribution in [-0.2, 0) is 15.1 Å². The lowest BCUT2D eigenvalue weighted by Crippen LogP contribution is -2.40. The van der Waals surface area contributed by atoms with Crippen LogP contribution in [0.1, 0.15) is 39.6 Å². The van der Waals surface area contributed by atoms with Crippen molar-refractivity contribution in [1.82, 2.24) is 9.55 Å². The van der Waals surface area contributed by atoms with E-state index in [4.69, 9.17) is 9.47 Å². The molecule has 0 radical (unpaired) electrons. The van der Waals surface area contributed by atoms with Crippen molar-refractivity contribution >= 4 is 15.9 Å². The maximum absolute atomic E-state index is 12.5. The highest BCUT2D eigenvalue weighted by molar-refractivity contribution is 9.10. The third-order valence-electron chi connectivity index (χ3n) is 7.37. The lowest BCUT2D eigenvalue weighted by Gasteiger charge is -2.37. The molecule has 0 unspecified atom stereocenters. The molecule has 0 bridgehead atoms.